The third-order valence-corrected chi connectivity index (χ3v) is 5.18. The molecular formula is C32H27Cl2Zr-3. The molecule has 35 heavy (non-hydrogen) atoms. The van der Waals surface area contributed by atoms with Crippen molar-refractivity contribution in [2.75, 3.05) is 0 Å². The van der Waals surface area contributed by atoms with Crippen molar-refractivity contribution in [3.8, 4) is 11.1 Å². The minimum Gasteiger partial charge on any atom is -1.00 e. The van der Waals surface area contributed by atoms with E-state index >= 15 is 0 Å². The van der Waals surface area contributed by atoms with Crippen molar-refractivity contribution in [1.82, 2.24) is 0 Å². The summed E-state index contributed by atoms with van der Waals surface area (Å²) in [6.07, 6.45) is 10.0. The van der Waals surface area contributed by atoms with Gasteiger partial charge in [0, 0.05) is 0 Å². The van der Waals surface area contributed by atoms with E-state index in [9.17, 15) is 0 Å². The van der Waals surface area contributed by atoms with Gasteiger partial charge in [-0.05, 0) is 6.92 Å². The van der Waals surface area contributed by atoms with Gasteiger partial charge in [0.25, 0.3) is 0 Å². The average Bonchev–Trinajstić information content (AvgIpc) is 3.59. The molecule has 0 radical (unpaired) electrons. The summed E-state index contributed by atoms with van der Waals surface area (Å²) in [5.74, 6) is 0. The van der Waals surface area contributed by atoms with Gasteiger partial charge in [-0.25, -0.2) is 12.2 Å². The predicted molar refractivity (Wildman–Crippen MR) is 141 cm³/mol. The summed E-state index contributed by atoms with van der Waals surface area (Å²) in [7, 11) is 0. The number of halogens is 2. The summed E-state index contributed by atoms with van der Waals surface area (Å²) in [6, 6.07) is 39.0. The Hall–Kier alpha value is -2.44. The van der Waals surface area contributed by atoms with E-state index in [1.54, 1.807) is 0 Å². The van der Waals surface area contributed by atoms with Crippen LogP contribution in [0.5, 0.6) is 0 Å². The van der Waals surface area contributed by atoms with Crippen LogP contribution in [-0.4, -0.2) is 4.21 Å². The van der Waals surface area contributed by atoms with Gasteiger partial charge in [-0.2, -0.15) is 6.08 Å². The SMILES string of the molecule is Cc1ccc(-c2[c-]cccc2)cc1.[C-]1=CC=CC1.[CH2]=[Zr+2].[Cl-].[Cl-].c1ccc2c(c1)[cH-]c1ccccc12. The summed E-state index contributed by atoms with van der Waals surface area (Å²) in [5, 5.41) is 5.39. The second-order valence-corrected chi connectivity index (χ2v) is 7.46. The van der Waals surface area contributed by atoms with Crippen molar-refractivity contribution in [2.45, 2.75) is 13.3 Å². The van der Waals surface area contributed by atoms with Gasteiger partial charge in [0.05, 0.1) is 0 Å². The second-order valence-electron chi connectivity index (χ2n) is 7.46. The van der Waals surface area contributed by atoms with Gasteiger partial charge in [0.15, 0.2) is 0 Å². The van der Waals surface area contributed by atoms with Crippen molar-refractivity contribution in [3.05, 3.63) is 139 Å². The molecule has 1 aliphatic carbocycles. The van der Waals surface area contributed by atoms with Crippen LogP contribution in [0.2, 0.25) is 0 Å². The number of aryl methyl sites for hydroxylation is 1. The first-order valence-electron chi connectivity index (χ1n) is 11.0. The molecule has 0 unspecified atom stereocenters. The molecular weight excluding hydrogens is 546 g/mol. The first-order chi connectivity index (χ1) is 16.3. The van der Waals surface area contributed by atoms with Crippen molar-refractivity contribution in [1.29, 1.82) is 0 Å². The Kier molecular flexibility index (Phi) is 14.9. The van der Waals surface area contributed by atoms with E-state index in [0.29, 0.717) is 0 Å². The maximum atomic E-state index is 3.34. The van der Waals surface area contributed by atoms with E-state index in [4.69, 9.17) is 0 Å². The molecule has 3 heteroatoms. The molecule has 5 aromatic rings. The Morgan fingerprint density at radius 1 is 0.743 bits per heavy atom. The van der Waals surface area contributed by atoms with E-state index in [0.717, 1.165) is 12.0 Å². The first-order valence-corrected chi connectivity index (χ1v) is 12.7. The van der Waals surface area contributed by atoms with Crippen LogP contribution >= 0.6 is 0 Å². The maximum Gasteiger partial charge on any atom is -0.0771 e. The normalized spacial score (nSPS) is 10.5. The Morgan fingerprint density at radius 3 is 1.77 bits per heavy atom. The minimum absolute atomic E-state index is 0. The van der Waals surface area contributed by atoms with Crippen LogP contribution in [-0.2, 0) is 24.2 Å². The third kappa shape index (κ3) is 9.27. The van der Waals surface area contributed by atoms with E-state index in [1.807, 2.05) is 30.4 Å². The predicted octanol–water partition coefficient (Wildman–Crippen LogP) is 2.45. The smallest absolute Gasteiger partial charge is 0.0771 e. The number of allylic oxidation sites excluding steroid dienone is 4. The van der Waals surface area contributed by atoms with E-state index in [1.165, 1.54) is 56.9 Å². The zero-order valence-corrected chi connectivity index (χ0v) is 23.7. The molecule has 0 aliphatic heterocycles. The van der Waals surface area contributed by atoms with Crippen molar-refractivity contribution >= 4 is 25.8 Å². The van der Waals surface area contributed by atoms with Crippen LogP contribution in [0.1, 0.15) is 12.0 Å². The molecule has 0 nitrogen and oxygen atoms in total. The fraction of sp³-hybridized carbons (Fsp3) is 0.0625. The van der Waals surface area contributed by atoms with E-state index in [2.05, 4.69) is 114 Å². The molecule has 0 amide bonds. The van der Waals surface area contributed by atoms with Crippen LogP contribution in [0.4, 0.5) is 0 Å². The first kappa shape index (κ1) is 30.6. The molecule has 1 aliphatic rings. The van der Waals surface area contributed by atoms with Crippen molar-refractivity contribution < 1.29 is 49.0 Å². The van der Waals surface area contributed by atoms with Crippen LogP contribution < -0.4 is 24.8 Å². The topological polar surface area (TPSA) is 0 Å². The second kappa shape index (κ2) is 17.1. The summed E-state index contributed by atoms with van der Waals surface area (Å²) in [6.45, 7) is 2.10. The molecule has 0 saturated carbocycles. The van der Waals surface area contributed by atoms with Gasteiger partial charge in [-0.1, -0.05) is 71.8 Å². The quantitative estimate of drug-likeness (QED) is 0.271. The monoisotopic (exact) mass is 571 g/mol. The number of benzene rings is 4. The molecule has 0 N–H and O–H groups in total. The molecule has 0 saturated heterocycles. The van der Waals surface area contributed by atoms with E-state index in [-0.39, 0.29) is 24.8 Å². The Labute approximate surface area is 236 Å². The van der Waals surface area contributed by atoms with Gasteiger partial charge < -0.3 is 24.8 Å². The molecule has 0 fully saturated rings. The molecule has 6 rings (SSSR count). The van der Waals surface area contributed by atoms with E-state index < -0.39 is 0 Å². The van der Waals surface area contributed by atoms with Crippen molar-refractivity contribution in [2.24, 2.45) is 0 Å². The molecule has 0 bridgehead atoms. The zero-order chi connectivity index (χ0) is 23.3. The van der Waals surface area contributed by atoms with Gasteiger partial charge in [0.1, 0.15) is 0 Å². The molecule has 0 spiro atoms. The molecule has 0 atom stereocenters. The Morgan fingerprint density at radius 2 is 1.31 bits per heavy atom. The number of hydrogen-bond acceptors (Lipinski definition) is 0. The average molecular weight is 574 g/mol. The zero-order valence-electron chi connectivity index (χ0n) is 19.7. The van der Waals surface area contributed by atoms with Crippen LogP contribution in [0.25, 0.3) is 32.7 Å². The minimum atomic E-state index is 0. The van der Waals surface area contributed by atoms with Crippen molar-refractivity contribution in [3.63, 3.8) is 0 Å². The van der Waals surface area contributed by atoms with Crippen LogP contribution in [0.3, 0.4) is 0 Å². The third-order valence-electron chi connectivity index (χ3n) is 5.18. The number of hydrogen-bond donors (Lipinski definition) is 0. The van der Waals surface area contributed by atoms with Gasteiger partial charge in [-0.15, -0.1) is 82.1 Å². The summed E-state index contributed by atoms with van der Waals surface area (Å²) < 4.78 is 3.34. The maximum absolute atomic E-state index is 3.34. The molecule has 0 heterocycles. The number of rotatable bonds is 1. The fourth-order valence-corrected chi connectivity index (χ4v) is 3.55. The van der Waals surface area contributed by atoms with Gasteiger partial charge in [-0.3, -0.25) is 6.08 Å². The van der Waals surface area contributed by atoms with Gasteiger partial charge >= 0.3 is 28.4 Å². The standard InChI is InChI=1S/C13H9.C13H11.C5H5.CH2.2ClH.Zr/c1-3-7-12-10(5-1)9-11-6-2-4-8-13(11)12;1-11-7-9-13(10-8-11)12-5-3-2-4-6-12;1-2-4-5-3-1;;;;/h1-9H;2-5,7-10H,1H3;1-3H,4H2;1H2;2*1H;/q3*-1;;;;+2/p-2. The summed E-state index contributed by atoms with van der Waals surface area (Å²) in [4.78, 5) is 0. The summed E-state index contributed by atoms with van der Waals surface area (Å²) >= 11 is 1.30. The number of fused-ring (bicyclic) bond motifs is 3. The molecule has 5 aromatic carbocycles. The van der Waals surface area contributed by atoms with Crippen LogP contribution in [0.15, 0.2) is 121 Å². The Balaban J connectivity index is 0.000000265. The van der Waals surface area contributed by atoms with Crippen LogP contribution in [0, 0.1) is 19.1 Å². The summed E-state index contributed by atoms with van der Waals surface area (Å²) in [5.41, 5.74) is 3.67. The molecule has 176 valence electrons. The van der Waals surface area contributed by atoms with Gasteiger partial charge in [0.2, 0.25) is 0 Å². The Bertz CT molecular complexity index is 1260. The largest absolute Gasteiger partial charge is 1.00 e. The fourth-order valence-electron chi connectivity index (χ4n) is 3.55. The molecule has 0 aromatic heterocycles.